The zero-order valence-corrected chi connectivity index (χ0v) is 9.89. The average molecular weight is 194 g/mol. The maximum Gasteiger partial charge on any atom is 0.0602 e. The van der Waals surface area contributed by atoms with Crippen molar-refractivity contribution in [1.29, 1.82) is 0 Å². The van der Waals surface area contributed by atoms with Crippen LogP contribution in [0.25, 0.3) is 0 Å². The van der Waals surface area contributed by atoms with Crippen LogP contribution in [0.3, 0.4) is 0 Å². The second kappa shape index (κ2) is 2.94. The van der Waals surface area contributed by atoms with E-state index in [1.165, 1.54) is 0 Å². The predicted molar refractivity (Wildman–Crippen MR) is 61.9 cm³/mol. The second-order valence-electron chi connectivity index (χ2n) is 5.65. The van der Waals surface area contributed by atoms with Crippen LogP contribution in [0, 0.1) is 5.41 Å². The summed E-state index contributed by atoms with van der Waals surface area (Å²) in [6.45, 7) is 10.5. The summed E-state index contributed by atoms with van der Waals surface area (Å²) < 4.78 is 0. The van der Waals surface area contributed by atoms with Crippen molar-refractivity contribution < 1.29 is 0 Å². The third-order valence-corrected chi connectivity index (χ3v) is 3.13. The zero-order chi connectivity index (χ0) is 11.2. The van der Waals surface area contributed by atoms with Crippen molar-refractivity contribution in [2.24, 2.45) is 16.9 Å². The number of rotatable bonds is 0. The maximum absolute atomic E-state index is 6.39. The fourth-order valence-corrected chi connectivity index (χ4v) is 1.92. The maximum atomic E-state index is 6.39. The van der Waals surface area contributed by atoms with Gasteiger partial charge in [0.15, 0.2) is 0 Å². The molecule has 2 atom stereocenters. The third-order valence-electron chi connectivity index (χ3n) is 3.13. The Bertz CT molecular complexity index is 292. The lowest BCUT2D eigenvalue weighted by atomic mass is 9.66. The van der Waals surface area contributed by atoms with Crippen LogP contribution in [0.15, 0.2) is 23.8 Å². The van der Waals surface area contributed by atoms with Gasteiger partial charge in [-0.3, -0.25) is 0 Å². The van der Waals surface area contributed by atoms with Crippen molar-refractivity contribution >= 4 is 0 Å². The van der Waals surface area contributed by atoms with E-state index in [-0.39, 0.29) is 16.5 Å². The molecule has 14 heavy (non-hydrogen) atoms. The van der Waals surface area contributed by atoms with Gasteiger partial charge in [0.2, 0.25) is 0 Å². The third kappa shape index (κ3) is 1.77. The van der Waals surface area contributed by atoms with E-state index < -0.39 is 0 Å². The van der Waals surface area contributed by atoms with Crippen molar-refractivity contribution in [3.05, 3.63) is 23.8 Å². The van der Waals surface area contributed by atoms with Gasteiger partial charge in [0.05, 0.1) is 5.54 Å². The molecular formula is C12H22N2. The first kappa shape index (κ1) is 11.5. The van der Waals surface area contributed by atoms with Gasteiger partial charge in [-0.15, -0.1) is 0 Å². The summed E-state index contributed by atoms with van der Waals surface area (Å²) >= 11 is 0. The molecule has 1 rings (SSSR count). The minimum absolute atomic E-state index is 0.0145. The highest BCUT2D eigenvalue weighted by atomic mass is 14.8. The fourth-order valence-electron chi connectivity index (χ4n) is 1.92. The fraction of sp³-hybridized carbons (Fsp3) is 0.667. The van der Waals surface area contributed by atoms with Gasteiger partial charge in [0.25, 0.3) is 0 Å². The Morgan fingerprint density at radius 3 is 2.00 bits per heavy atom. The quantitative estimate of drug-likeness (QED) is 0.579. The molecule has 1 aliphatic rings. The SMILES string of the molecule is CC1=CC(C)(N)C=CC1(N)C(C)(C)C. The van der Waals surface area contributed by atoms with Gasteiger partial charge in [-0.05, 0) is 19.3 Å². The van der Waals surface area contributed by atoms with Gasteiger partial charge >= 0.3 is 0 Å². The standard InChI is InChI=1S/C12H22N2/c1-9-8-11(5,13)6-7-12(9,14)10(2,3)4/h6-8H,13-14H2,1-5H3. The van der Waals surface area contributed by atoms with Gasteiger partial charge in [-0.2, -0.15) is 0 Å². The molecule has 80 valence electrons. The van der Waals surface area contributed by atoms with E-state index in [9.17, 15) is 0 Å². The van der Waals surface area contributed by atoms with Crippen LogP contribution < -0.4 is 11.5 Å². The summed E-state index contributed by atoms with van der Waals surface area (Å²) in [7, 11) is 0. The van der Waals surface area contributed by atoms with E-state index in [1.807, 2.05) is 19.1 Å². The molecule has 0 spiro atoms. The Labute approximate surface area is 87.0 Å². The van der Waals surface area contributed by atoms with Crippen molar-refractivity contribution in [3.8, 4) is 0 Å². The Morgan fingerprint density at radius 1 is 1.14 bits per heavy atom. The molecule has 0 heterocycles. The summed E-state index contributed by atoms with van der Waals surface area (Å²) in [5.41, 5.74) is 12.9. The normalized spacial score (nSPS) is 38.4. The number of hydrogen-bond acceptors (Lipinski definition) is 2. The van der Waals surface area contributed by atoms with Crippen molar-refractivity contribution in [3.63, 3.8) is 0 Å². The Hall–Kier alpha value is -0.600. The molecular weight excluding hydrogens is 172 g/mol. The highest BCUT2D eigenvalue weighted by Gasteiger charge is 2.40. The highest BCUT2D eigenvalue weighted by Crippen LogP contribution is 2.38. The van der Waals surface area contributed by atoms with E-state index in [0.717, 1.165) is 5.57 Å². The van der Waals surface area contributed by atoms with Crippen molar-refractivity contribution in [2.75, 3.05) is 0 Å². The lowest BCUT2D eigenvalue weighted by molar-refractivity contribution is 0.274. The molecule has 0 fully saturated rings. The first-order chi connectivity index (χ1) is 6.08. The van der Waals surface area contributed by atoms with E-state index in [0.29, 0.717) is 0 Å². The minimum atomic E-state index is -0.369. The molecule has 0 aliphatic heterocycles. The average Bonchev–Trinajstić information content (AvgIpc) is 1.94. The van der Waals surface area contributed by atoms with E-state index in [4.69, 9.17) is 11.5 Å². The molecule has 0 saturated heterocycles. The van der Waals surface area contributed by atoms with Crippen LogP contribution in [0.4, 0.5) is 0 Å². The summed E-state index contributed by atoms with van der Waals surface area (Å²) in [5, 5.41) is 0. The van der Waals surface area contributed by atoms with Gasteiger partial charge in [0.1, 0.15) is 0 Å². The Balaban J connectivity index is 3.14. The lowest BCUT2D eigenvalue weighted by Crippen LogP contribution is -2.54. The zero-order valence-electron chi connectivity index (χ0n) is 9.89. The van der Waals surface area contributed by atoms with Crippen LogP contribution in [-0.4, -0.2) is 11.1 Å². The number of nitrogens with two attached hydrogens (primary N) is 2. The molecule has 0 aromatic rings. The molecule has 0 aromatic heterocycles. The van der Waals surface area contributed by atoms with Crippen molar-refractivity contribution in [1.82, 2.24) is 0 Å². The van der Waals surface area contributed by atoms with E-state index >= 15 is 0 Å². The number of hydrogen-bond donors (Lipinski definition) is 2. The first-order valence-electron chi connectivity index (χ1n) is 5.07. The summed E-state index contributed by atoms with van der Waals surface area (Å²) in [5.74, 6) is 0. The molecule has 0 aromatic carbocycles. The largest absolute Gasteiger partial charge is 0.319 e. The second-order valence-corrected chi connectivity index (χ2v) is 5.65. The molecule has 0 radical (unpaired) electrons. The molecule has 2 unspecified atom stereocenters. The Morgan fingerprint density at radius 2 is 1.64 bits per heavy atom. The van der Waals surface area contributed by atoms with Crippen LogP contribution in [0.2, 0.25) is 0 Å². The molecule has 0 saturated carbocycles. The predicted octanol–water partition coefficient (Wildman–Crippen LogP) is 1.96. The highest BCUT2D eigenvalue weighted by molar-refractivity contribution is 5.39. The van der Waals surface area contributed by atoms with Crippen LogP contribution in [-0.2, 0) is 0 Å². The van der Waals surface area contributed by atoms with Crippen LogP contribution in [0.1, 0.15) is 34.6 Å². The summed E-state index contributed by atoms with van der Waals surface area (Å²) in [6, 6.07) is 0. The van der Waals surface area contributed by atoms with Gasteiger partial charge in [-0.1, -0.05) is 44.6 Å². The van der Waals surface area contributed by atoms with Gasteiger partial charge in [0, 0.05) is 5.54 Å². The minimum Gasteiger partial charge on any atom is -0.319 e. The molecule has 1 aliphatic carbocycles. The topological polar surface area (TPSA) is 52.0 Å². The molecule has 2 heteroatoms. The van der Waals surface area contributed by atoms with Crippen molar-refractivity contribution in [2.45, 2.75) is 45.7 Å². The van der Waals surface area contributed by atoms with Crippen LogP contribution in [0.5, 0.6) is 0 Å². The lowest BCUT2D eigenvalue weighted by Gasteiger charge is -2.44. The monoisotopic (exact) mass is 194 g/mol. The Kier molecular flexibility index (Phi) is 2.41. The van der Waals surface area contributed by atoms with E-state index in [2.05, 4.69) is 33.8 Å². The molecule has 4 N–H and O–H groups in total. The van der Waals surface area contributed by atoms with Crippen LogP contribution >= 0.6 is 0 Å². The molecule has 0 amide bonds. The van der Waals surface area contributed by atoms with Gasteiger partial charge < -0.3 is 11.5 Å². The van der Waals surface area contributed by atoms with E-state index in [1.54, 1.807) is 0 Å². The molecule has 0 bridgehead atoms. The first-order valence-corrected chi connectivity index (χ1v) is 5.07. The van der Waals surface area contributed by atoms with Gasteiger partial charge in [-0.25, -0.2) is 0 Å². The summed E-state index contributed by atoms with van der Waals surface area (Å²) in [4.78, 5) is 0. The molecule has 2 nitrogen and oxygen atoms in total. The smallest absolute Gasteiger partial charge is 0.0602 e. The summed E-state index contributed by atoms with van der Waals surface area (Å²) in [6.07, 6.45) is 6.09.